The number of carbonyl (C=O) groups excluding carboxylic acids is 7. The number of aliphatic hydroxyl groups excluding tert-OH is 1. The maximum absolute atomic E-state index is 14.4. The number of hydrogen-bond acceptors (Lipinski definition) is 12. The Kier molecular flexibility index (Phi) is 22.1. The minimum atomic E-state index is -1.63. The molecule has 1 aromatic heterocycles. The number of amides is 7. The van der Waals surface area contributed by atoms with Gasteiger partial charge in [-0.2, -0.15) is 0 Å². The Morgan fingerprint density at radius 3 is 2.06 bits per heavy atom. The van der Waals surface area contributed by atoms with Crippen molar-refractivity contribution in [2.24, 2.45) is 28.3 Å². The summed E-state index contributed by atoms with van der Waals surface area (Å²) in [6.45, 7) is 8.26. The SMILES string of the molecule is CC[C@H](C)[C@H](NC(=O)[C@@H](NC(=O)[C@@H](NC(=O)[C@H](CCCN=C(N)N)NC(=O)CNC)C(C)C)[C@H](C)O)C(=O)N[C@@H](Cc1cnc[nH]1)C(=O)N1CCC[C@@H]1C(=O)N[C@@H](Cc1ccccc1)C(=O)O. The van der Waals surface area contributed by atoms with Crippen LogP contribution in [0.1, 0.15) is 78.0 Å². The summed E-state index contributed by atoms with van der Waals surface area (Å²) in [7, 11) is 1.56. The number of aliphatic imine (C=N–C) groups is 1. The second kappa shape index (κ2) is 27.1. The molecule has 1 saturated heterocycles. The number of carboxylic acids is 1. The van der Waals surface area contributed by atoms with E-state index in [1.807, 2.05) is 0 Å². The molecule has 1 aliphatic rings. The van der Waals surface area contributed by atoms with E-state index in [0.717, 1.165) is 0 Å². The highest BCUT2D eigenvalue weighted by molar-refractivity contribution is 5.98. The van der Waals surface area contributed by atoms with E-state index in [1.54, 1.807) is 65.1 Å². The molecule has 14 N–H and O–H groups in total. The van der Waals surface area contributed by atoms with E-state index in [9.17, 15) is 48.6 Å². The molecule has 370 valence electrons. The number of hydrogen-bond donors (Lipinski definition) is 12. The number of aliphatic carboxylic acids is 1. The highest BCUT2D eigenvalue weighted by atomic mass is 16.4. The van der Waals surface area contributed by atoms with Crippen LogP contribution in [0.25, 0.3) is 0 Å². The highest BCUT2D eigenvalue weighted by Gasteiger charge is 2.41. The zero-order valence-electron chi connectivity index (χ0n) is 39.0. The van der Waals surface area contributed by atoms with Crippen molar-refractivity contribution in [3.63, 3.8) is 0 Å². The second-order valence-corrected chi connectivity index (χ2v) is 17.0. The van der Waals surface area contributed by atoms with Gasteiger partial charge in [0.1, 0.15) is 42.3 Å². The van der Waals surface area contributed by atoms with Crippen LogP contribution < -0.4 is 48.7 Å². The van der Waals surface area contributed by atoms with Crippen LogP contribution in [0.4, 0.5) is 0 Å². The van der Waals surface area contributed by atoms with Crippen molar-refractivity contribution < 1.29 is 48.6 Å². The molecule has 7 amide bonds. The van der Waals surface area contributed by atoms with E-state index in [2.05, 4.69) is 52.2 Å². The number of carboxylic acid groups (broad SMARTS) is 1. The van der Waals surface area contributed by atoms with Crippen LogP contribution in [0, 0.1) is 11.8 Å². The molecule has 1 aromatic carbocycles. The molecule has 0 radical (unpaired) electrons. The lowest BCUT2D eigenvalue weighted by atomic mass is 9.96. The van der Waals surface area contributed by atoms with Gasteiger partial charge in [0.05, 0.1) is 19.0 Å². The first-order valence-corrected chi connectivity index (χ1v) is 22.5. The van der Waals surface area contributed by atoms with E-state index in [1.165, 1.54) is 24.3 Å². The molecule has 3 rings (SSSR count). The van der Waals surface area contributed by atoms with Gasteiger partial charge in [-0.25, -0.2) is 9.78 Å². The van der Waals surface area contributed by atoms with Crippen molar-refractivity contribution in [1.82, 2.24) is 52.1 Å². The van der Waals surface area contributed by atoms with Crippen LogP contribution in [0.2, 0.25) is 0 Å². The zero-order chi connectivity index (χ0) is 49.8. The molecular weight excluding hydrogens is 871 g/mol. The van der Waals surface area contributed by atoms with Gasteiger partial charge in [-0.1, -0.05) is 64.4 Å². The molecule has 0 unspecified atom stereocenters. The summed E-state index contributed by atoms with van der Waals surface area (Å²) >= 11 is 0. The van der Waals surface area contributed by atoms with Crippen LogP contribution in [0.3, 0.4) is 0 Å². The average molecular weight is 940 g/mol. The zero-order valence-corrected chi connectivity index (χ0v) is 39.0. The van der Waals surface area contributed by atoms with Gasteiger partial charge in [-0.05, 0) is 57.1 Å². The first-order valence-electron chi connectivity index (χ1n) is 22.5. The van der Waals surface area contributed by atoms with E-state index in [-0.39, 0.29) is 51.3 Å². The van der Waals surface area contributed by atoms with Gasteiger partial charge in [-0.3, -0.25) is 38.6 Å². The van der Waals surface area contributed by atoms with Gasteiger partial charge in [0.15, 0.2) is 5.96 Å². The number of H-pyrrole nitrogens is 1. The Hall–Kier alpha value is -6.62. The summed E-state index contributed by atoms with van der Waals surface area (Å²) in [6, 6.07) is -0.0778. The van der Waals surface area contributed by atoms with Gasteiger partial charge < -0.3 is 68.8 Å². The number of aromatic nitrogens is 2. The van der Waals surface area contributed by atoms with Crippen molar-refractivity contribution in [3.8, 4) is 0 Å². The molecule has 0 saturated carbocycles. The van der Waals surface area contributed by atoms with Crippen molar-refractivity contribution in [2.75, 3.05) is 26.7 Å². The summed E-state index contributed by atoms with van der Waals surface area (Å²) < 4.78 is 0. The molecule has 9 atom stereocenters. The molecule has 0 bridgehead atoms. The molecule has 0 spiro atoms. The molecule has 67 heavy (non-hydrogen) atoms. The molecule has 1 aliphatic heterocycles. The van der Waals surface area contributed by atoms with Crippen molar-refractivity contribution >= 4 is 53.3 Å². The highest BCUT2D eigenvalue weighted by Crippen LogP contribution is 2.21. The number of nitrogens with one attached hydrogen (secondary N) is 8. The number of aliphatic hydroxyl groups is 1. The summed E-state index contributed by atoms with van der Waals surface area (Å²) in [5.41, 5.74) is 12.0. The maximum Gasteiger partial charge on any atom is 0.326 e. The number of benzene rings is 1. The van der Waals surface area contributed by atoms with E-state index < -0.39 is 108 Å². The quantitative estimate of drug-likeness (QED) is 0.0251. The third-order valence-corrected chi connectivity index (χ3v) is 11.4. The smallest absolute Gasteiger partial charge is 0.326 e. The van der Waals surface area contributed by atoms with E-state index >= 15 is 0 Å². The lowest BCUT2D eigenvalue weighted by molar-refractivity contribution is -0.145. The lowest BCUT2D eigenvalue weighted by Gasteiger charge is -2.32. The fraction of sp³-hybridized carbons (Fsp3) is 0.591. The second-order valence-electron chi connectivity index (χ2n) is 17.0. The first kappa shape index (κ1) is 54.7. The summed E-state index contributed by atoms with van der Waals surface area (Å²) in [5.74, 6) is -7.49. The molecular formula is C44H69N13O10. The largest absolute Gasteiger partial charge is 0.480 e. The number of carbonyl (C=O) groups is 8. The van der Waals surface area contributed by atoms with Crippen LogP contribution >= 0.6 is 0 Å². The third-order valence-electron chi connectivity index (χ3n) is 11.4. The van der Waals surface area contributed by atoms with Gasteiger partial charge in [0.25, 0.3) is 0 Å². The molecule has 0 aliphatic carbocycles. The maximum atomic E-state index is 14.4. The Morgan fingerprint density at radius 2 is 1.48 bits per heavy atom. The predicted octanol–water partition coefficient (Wildman–Crippen LogP) is -2.46. The van der Waals surface area contributed by atoms with E-state index in [0.29, 0.717) is 30.5 Å². The Bertz CT molecular complexity index is 2000. The summed E-state index contributed by atoms with van der Waals surface area (Å²) in [5, 5.41) is 39.2. The lowest BCUT2D eigenvalue weighted by Crippen LogP contribution is -2.63. The minimum Gasteiger partial charge on any atom is -0.480 e. The fourth-order valence-electron chi connectivity index (χ4n) is 7.46. The first-order chi connectivity index (χ1) is 31.8. The van der Waals surface area contributed by atoms with Crippen molar-refractivity contribution in [1.29, 1.82) is 0 Å². The number of likely N-dealkylation sites (N-methyl/N-ethyl adjacent to an activating group) is 1. The fourth-order valence-corrected chi connectivity index (χ4v) is 7.46. The summed E-state index contributed by atoms with van der Waals surface area (Å²) in [4.78, 5) is 120. The molecule has 23 heteroatoms. The Morgan fingerprint density at radius 1 is 0.836 bits per heavy atom. The van der Waals surface area contributed by atoms with Crippen LogP contribution in [-0.4, -0.2) is 153 Å². The average Bonchev–Trinajstić information content (AvgIpc) is 3.99. The molecule has 2 heterocycles. The van der Waals surface area contributed by atoms with Gasteiger partial charge >= 0.3 is 5.97 Å². The van der Waals surface area contributed by atoms with Crippen molar-refractivity contribution in [2.45, 2.75) is 128 Å². The predicted molar refractivity (Wildman–Crippen MR) is 246 cm³/mol. The number of nitrogens with zero attached hydrogens (tertiary/aromatic N) is 3. The number of imidazole rings is 1. The van der Waals surface area contributed by atoms with Gasteiger partial charge in [0.2, 0.25) is 41.4 Å². The monoisotopic (exact) mass is 940 g/mol. The van der Waals surface area contributed by atoms with E-state index in [4.69, 9.17) is 11.5 Å². The topological polar surface area (TPSA) is 358 Å². The van der Waals surface area contributed by atoms with Gasteiger partial charge in [0, 0.05) is 37.8 Å². The van der Waals surface area contributed by atoms with Crippen LogP contribution in [0.15, 0.2) is 47.8 Å². The number of likely N-dealkylation sites (tertiary alicyclic amines) is 1. The third kappa shape index (κ3) is 17.3. The Balaban J connectivity index is 1.81. The molecule has 23 nitrogen and oxygen atoms in total. The molecule has 1 fully saturated rings. The minimum absolute atomic E-state index is 0.0146. The summed E-state index contributed by atoms with van der Waals surface area (Å²) in [6.07, 6.45) is 2.75. The number of aromatic amines is 1. The Labute approximate surface area is 390 Å². The van der Waals surface area contributed by atoms with Crippen molar-refractivity contribution in [3.05, 3.63) is 54.1 Å². The van der Waals surface area contributed by atoms with Crippen LogP contribution in [-0.2, 0) is 51.2 Å². The number of guanidine groups is 1. The standard InChI is InChI=1S/C44H69N13O10/c1-7-25(4)35(55-41(64)36(26(5)58)56-39(62)34(24(2)3)54-37(60)29(51-33(59)22-47-6)15-11-17-49-44(45)46)40(63)52-30(20-28-21-48-23-50-28)42(65)57-18-12-16-32(57)38(61)53-31(43(66)67)19-27-13-9-8-10-14-27/h8-10,13-14,21,23-26,29-32,34-36,47,58H,7,11-12,15-20,22H2,1-6H3,(H,48,50)(H,51,59)(H,52,63)(H,53,61)(H,54,60)(H,55,64)(H,56,62)(H,66,67)(H4,45,46,49)/t25-,26-,29-,30-,31-,32+,34-,35-,36-/m0/s1. The normalized spacial score (nSPS) is 17.0. The number of nitrogens with two attached hydrogens (primary N) is 2. The van der Waals surface area contributed by atoms with Crippen LogP contribution in [0.5, 0.6) is 0 Å². The number of rotatable bonds is 27. The molecule has 2 aromatic rings. The van der Waals surface area contributed by atoms with Gasteiger partial charge in [-0.15, -0.1) is 0 Å².